The largest absolute Gasteiger partial charge is 0.350 e. The lowest BCUT2D eigenvalue weighted by molar-refractivity contribution is -0.123. The maximum atomic E-state index is 12.6. The second kappa shape index (κ2) is 7.72. The minimum absolute atomic E-state index is 0.0593. The molecule has 8 heteroatoms. The Morgan fingerprint density at radius 3 is 2.46 bits per heavy atom. The first-order valence-electron chi connectivity index (χ1n) is 7.36. The van der Waals surface area contributed by atoms with Gasteiger partial charge in [-0.25, -0.2) is 0 Å². The number of benzene rings is 1. The van der Waals surface area contributed by atoms with Crippen molar-refractivity contribution in [2.75, 3.05) is 6.54 Å². The molecule has 0 bridgehead atoms. The van der Waals surface area contributed by atoms with Gasteiger partial charge in [0.05, 0.1) is 0 Å². The van der Waals surface area contributed by atoms with Crippen LogP contribution in [-0.4, -0.2) is 38.4 Å². The van der Waals surface area contributed by atoms with Gasteiger partial charge in [0.1, 0.15) is 6.54 Å². The van der Waals surface area contributed by atoms with E-state index in [2.05, 4.69) is 14.9 Å². The molecule has 0 aliphatic carbocycles. The van der Waals surface area contributed by atoms with Crippen LogP contribution in [0.3, 0.4) is 0 Å². The number of nitrogens with zero attached hydrogens (tertiary/aromatic N) is 3. The number of nitrogens with one attached hydrogen (secondary N) is 1. The lowest BCUT2D eigenvalue weighted by Crippen LogP contribution is -2.47. The van der Waals surface area contributed by atoms with Crippen LogP contribution in [0.5, 0.6) is 0 Å². The van der Waals surface area contributed by atoms with Crippen molar-refractivity contribution in [3.63, 3.8) is 0 Å². The van der Waals surface area contributed by atoms with Crippen molar-refractivity contribution < 1.29 is 9.59 Å². The van der Waals surface area contributed by atoms with Crippen LogP contribution in [0.25, 0.3) is 0 Å². The number of aromatic nitrogens is 2. The number of hydrogen-bond donors (Lipinski definition) is 1. The van der Waals surface area contributed by atoms with Crippen molar-refractivity contribution in [3.05, 3.63) is 45.9 Å². The van der Waals surface area contributed by atoms with Gasteiger partial charge >= 0.3 is 0 Å². The third-order valence-corrected chi connectivity index (χ3v) is 3.76. The molecule has 0 unspecified atom stereocenters. The molecule has 0 aliphatic heterocycles. The Labute approximate surface area is 150 Å². The van der Waals surface area contributed by atoms with E-state index in [4.69, 9.17) is 11.6 Å². The first kappa shape index (κ1) is 18.4. The van der Waals surface area contributed by atoms with Crippen LogP contribution in [0.2, 0.25) is 5.02 Å². The van der Waals surface area contributed by atoms with E-state index in [1.807, 2.05) is 32.9 Å². The minimum Gasteiger partial charge on any atom is -0.350 e. The van der Waals surface area contributed by atoms with Gasteiger partial charge in [-0.05, 0) is 50.0 Å². The van der Waals surface area contributed by atoms with E-state index in [9.17, 15) is 9.59 Å². The maximum absolute atomic E-state index is 12.6. The van der Waals surface area contributed by atoms with Crippen LogP contribution >= 0.6 is 23.1 Å². The molecule has 0 spiro atoms. The molecular weight excluding hydrogens is 348 g/mol. The normalized spacial score (nSPS) is 11.2. The quantitative estimate of drug-likeness (QED) is 0.882. The summed E-state index contributed by atoms with van der Waals surface area (Å²) in [5, 5.41) is 8.84. The Kier molecular flexibility index (Phi) is 5.90. The van der Waals surface area contributed by atoms with E-state index < -0.39 is 0 Å². The zero-order chi connectivity index (χ0) is 17.7. The third-order valence-electron chi connectivity index (χ3n) is 3.00. The van der Waals surface area contributed by atoms with Gasteiger partial charge in [-0.3, -0.25) is 9.59 Å². The van der Waals surface area contributed by atoms with Gasteiger partial charge in [-0.2, -0.15) is 0 Å². The summed E-state index contributed by atoms with van der Waals surface area (Å²) in [7, 11) is 0. The summed E-state index contributed by atoms with van der Waals surface area (Å²) in [6.07, 6.45) is 0. The summed E-state index contributed by atoms with van der Waals surface area (Å²) in [5.41, 5.74) is 0.742. The van der Waals surface area contributed by atoms with Crippen LogP contribution in [0, 0.1) is 0 Å². The highest BCUT2D eigenvalue weighted by Crippen LogP contribution is 2.13. The molecule has 1 N–H and O–H groups in total. The second-order valence-electron chi connectivity index (χ2n) is 6.38. The summed E-state index contributed by atoms with van der Waals surface area (Å²) >= 11 is 6.98. The average Bonchev–Trinajstić information content (AvgIpc) is 3.00. The molecule has 0 radical (unpaired) electrons. The topological polar surface area (TPSA) is 75.2 Å². The molecule has 24 heavy (non-hydrogen) atoms. The number of halogens is 1. The summed E-state index contributed by atoms with van der Waals surface area (Å²) in [5.74, 6) is -0.559. The molecule has 0 saturated carbocycles. The highest BCUT2D eigenvalue weighted by atomic mass is 35.5. The molecule has 6 nitrogen and oxygen atoms in total. The lowest BCUT2D eigenvalue weighted by Gasteiger charge is -2.25. The van der Waals surface area contributed by atoms with Crippen molar-refractivity contribution in [2.45, 2.75) is 32.9 Å². The molecule has 2 rings (SSSR count). The SMILES string of the molecule is CC(C)(C)NC(=O)CN(Cc1ccc(Cl)cc1)C(=O)c1csnn1. The average molecular weight is 367 g/mol. The number of carbonyl (C=O) groups is 2. The molecule has 2 amide bonds. The van der Waals surface area contributed by atoms with Crippen molar-refractivity contribution in [3.8, 4) is 0 Å². The van der Waals surface area contributed by atoms with Gasteiger partial charge in [-0.1, -0.05) is 28.2 Å². The molecule has 128 valence electrons. The van der Waals surface area contributed by atoms with Gasteiger partial charge in [-0.15, -0.1) is 5.10 Å². The van der Waals surface area contributed by atoms with Crippen LogP contribution < -0.4 is 5.32 Å². The predicted octanol–water partition coefficient (Wildman–Crippen LogP) is 2.75. The monoisotopic (exact) mass is 366 g/mol. The molecule has 1 aromatic heterocycles. The van der Waals surface area contributed by atoms with Crippen molar-refractivity contribution in [1.82, 2.24) is 19.8 Å². The molecule has 1 heterocycles. The molecule has 0 aliphatic rings. The smallest absolute Gasteiger partial charge is 0.276 e. The predicted molar refractivity (Wildman–Crippen MR) is 94.0 cm³/mol. The summed E-state index contributed by atoms with van der Waals surface area (Å²) in [6, 6.07) is 7.14. The van der Waals surface area contributed by atoms with E-state index in [1.165, 1.54) is 4.90 Å². The van der Waals surface area contributed by atoms with E-state index in [-0.39, 0.29) is 36.1 Å². The third kappa shape index (κ3) is 5.58. The highest BCUT2D eigenvalue weighted by Gasteiger charge is 2.23. The van der Waals surface area contributed by atoms with E-state index in [0.29, 0.717) is 5.02 Å². The Bertz CT molecular complexity index is 696. The minimum atomic E-state index is -0.367. The molecular formula is C16H19ClN4O2S. The van der Waals surface area contributed by atoms with Gasteiger partial charge in [0.15, 0.2) is 5.69 Å². The maximum Gasteiger partial charge on any atom is 0.276 e. The van der Waals surface area contributed by atoms with E-state index >= 15 is 0 Å². The summed E-state index contributed by atoms with van der Waals surface area (Å²) in [4.78, 5) is 26.3. The lowest BCUT2D eigenvalue weighted by atomic mass is 10.1. The van der Waals surface area contributed by atoms with Crippen molar-refractivity contribution >= 4 is 34.9 Å². The zero-order valence-electron chi connectivity index (χ0n) is 13.7. The summed E-state index contributed by atoms with van der Waals surface area (Å²) < 4.78 is 3.71. The molecule has 0 fully saturated rings. The fourth-order valence-corrected chi connectivity index (χ4v) is 2.62. The number of carbonyl (C=O) groups excluding carboxylic acids is 2. The van der Waals surface area contributed by atoms with Gasteiger partial charge < -0.3 is 10.2 Å². The highest BCUT2D eigenvalue weighted by molar-refractivity contribution is 7.03. The fraction of sp³-hybridized carbons (Fsp3) is 0.375. The van der Waals surface area contributed by atoms with Crippen molar-refractivity contribution in [2.24, 2.45) is 0 Å². The number of rotatable bonds is 5. The van der Waals surface area contributed by atoms with Crippen LogP contribution in [0.1, 0.15) is 36.8 Å². The van der Waals surface area contributed by atoms with Crippen LogP contribution in [-0.2, 0) is 11.3 Å². The first-order chi connectivity index (χ1) is 11.2. The van der Waals surface area contributed by atoms with E-state index in [1.54, 1.807) is 17.5 Å². The molecule has 2 aromatic rings. The van der Waals surface area contributed by atoms with Crippen LogP contribution in [0.15, 0.2) is 29.6 Å². The Morgan fingerprint density at radius 1 is 1.25 bits per heavy atom. The van der Waals surface area contributed by atoms with Gasteiger partial charge in [0.2, 0.25) is 5.91 Å². The molecule has 0 atom stereocenters. The van der Waals surface area contributed by atoms with Gasteiger partial charge in [0, 0.05) is 22.5 Å². The Morgan fingerprint density at radius 2 is 1.92 bits per heavy atom. The standard InChI is InChI=1S/C16H19ClN4O2S/c1-16(2,3)18-14(22)9-21(15(23)13-10-24-20-19-13)8-11-4-6-12(17)7-5-11/h4-7,10H,8-9H2,1-3H3,(H,18,22). The van der Waals surface area contributed by atoms with Gasteiger partial charge in [0.25, 0.3) is 5.91 Å². The second-order valence-corrected chi connectivity index (χ2v) is 7.42. The molecule has 1 aromatic carbocycles. The molecule has 0 saturated heterocycles. The zero-order valence-corrected chi connectivity index (χ0v) is 15.3. The summed E-state index contributed by atoms with van der Waals surface area (Å²) in [6.45, 7) is 5.89. The van der Waals surface area contributed by atoms with Crippen LogP contribution in [0.4, 0.5) is 0 Å². The first-order valence-corrected chi connectivity index (χ1v) is 8.58. The Hall–Kier alpha value is -1.99. The number of amides is 2. The number of hydrogen-bond acceptors (Lipinski definition) is 5. The Balaban J connectivity index is 2.16. The fourth-order valence-electron chi connectivity index (χ4n) is 2.06. The van der Waals surface area contributed by atoms with Crippen molar-refractivity contribution in [1.29, 1.82) is 0 Å². The van der Waals surface area contributed by atoms with E-state index in [0.717, 1.165) is 17.1 Å².